The van der Waals surface area contributed by atoms with Gasteiger partial charge in [0.25, 0.3) is 5.91 Å². The number of rotatable bonds is 3. The zero-order valence-corrected chi connectivity index (χ0v) is 12.5. The van der Waals surface area contributed by atoms with E-state index in [-0.39, 0.29) is 5.91 Å². The van der Waals surface area contributed by atoms with Crippen LogP contribution in [0.2, 0.25) is 0 Å². The predicted molar refractivity (Wildman–Crippen MR) is 80.2 cm³/mol. The number of amides is 1. The van der Waals surface area contributed by atoms with Gasteiger partial charge >= 0.3 is 0 Å². The molecule has 0 unspecified atom stereocenters. The third-order valence-electron chi connectivity index (χ3n) is 4.53. The second-order valence-electron chi connectivity index (χ2n) is 5.67. The molecule has 0 aliphatic heterocycles. The largest absolute Gasteiger partial charge is 0.339 e. The number of hydrogen-bond donors (Lipinski definition) is 1. The van der Waals surface area contributed by atoms with E-state index in [0.29, 0.717) is 17.6 Å². The van der Waals surface area contributed by atoms with Crippen molar-refractivity contribution in [2.24, 2.45) is 0 Å². The summed E-state index contributed by atoms with van der Waals surface area (Å²) in [4.78, 5) is 18.7. The van der Waals surface area contributed by atoms with Crippen molar-refractivity contribution < 1.29 is 4.79 Å². The van der Waals surface area contributed by atoms with Gasteiger partial charge in [0.15, 0.2) is 0 Å². The Balaban J connectivity index is 1.76. The fraction of sp³-hybridized carbons (Fsp3) is 0.533. The molecule has 0 saturated heterocycles. The molecule has 3 rings (SSSR count). The number of fused-ring (bicyclic) bond motifs is 1. The van der Waals surface area contributed by atoms with Crippen LogP contribution in [0.25, 0.3) is 5.52 Å². The Bertz CT molecular complexity index is 630. The zero-order chi connectivity index (χ0) is 14.8. The first kappa shape index (κ1) is 14.0. The van der Waals surface area contributed by atoms with Crippen molar-refractivity contribution in [2.75, 3.05) is 14.1 Å². The minimum Gasteiger partial charge on any atom is -0.339 e. The minimum absolute atomic E-state index is 0.0332. The summed E-state index contributed by atoms with van der Waals surface area (Å²) in [6.45, 7) is 0. The Kier molecular flexibility index (Phi) is 3.88. The number of nitrogens with one attached hydrogen (secondary N) is 1. The molecular weight excluding hydrogens is 266 g/mol. The van der Waals surface area contributed by atoms with Gasteiger partial charge in [-0.1, -0.05) is 0 Å². The standard InChI is InChI=1S/C15H21N5O/c1-16-11-3-5-12(6-4-11)19(2)15(21)13-9-18-20-8-7-17-10-14(13)20/h7-12,16H,3-6H2,1-2H3. The van der Waals surface area contributed by atoms with E-state index in [2.05, 4.69) is 15.4 Å². The van der Waals surface area contributed by atoms with Crippen LogP contribution in [0.4, 0.5) is 0 Å². The van der Waals surface area contributed by atoms with E-state index in [4.69, 9.17) is 0 Å². The third-order valence-corrected chi connectivity index (χ3v) is 4.53. The van der Waals surface area contributed by atoms with Gasteiger partial charge in [-0.2, -0.15) is 5.10 Å². The van der Waals surface area contributed by atoms with E-state index < -0.39 is 0 Å². The molecule has 1 fully saturated rings. The SMILES string of the molecule is CNC1CCC(N(C)C(=O)c2cnn3ccncc23)CC1. The molecule has 1 saturated carbocycles. The number of nitrogens with zero attached hydrogens (tertiary/aromatic N) is 4. The molecule has 0 bridgehead atoms. The number of aromatic nitrogens is 3. The summed E-state index contributed by atoms with van der Waals surface area (Å²) in [5.74, 6) is 0.0332. The van der Waals surface area contributed by atoms with Crippen molar-refractivity contribution in [2.45, 2.75) is 37.8 Å². The first-order valence-electron chi connectivity index (χ1n) is 7.42. The Morgan fingerprint density at radius 3 is 2.81 bits per heavy atom. The predicted octanol–water partition coefficient (Wildman–Crippen LogP) is 1.33. The smallest absolute Gasteiger partial charge is 0.257 e. The van der Waals surface area contributed by atoms with Gasteiger partial charge in [-0.15, -0.1) is 0 Å². The van der Waals surface area contributed by atoms with Gasteiger partial charge in [-0.3, -0.25) is 9.78 Å². The first-order valence-corrected chi connectivity index (χ1v) is 7.42. The van der Waals surface area contributed by atoms with Crippen molar-refractivity contribution in [3.05, 3.63) is 30.4 Å². The van der Waals surface area contributed by atoms with Crippen molar-refractivity contribution in [3.8, 4) is 0 Å². The molecule has 21 heavy (non-hydrogen) atoms. The van der Waals surface area contributed by atoms with Gasteiger partial charge in [-0.25, -0.2) is 4.52 Å². The van der Waals surface area contributed by atoms with Gasteiger partial charge in [0.2, 0.25) is 0 Å². The maximum Gasteiger partial charge on any atom is 0.257 e. The van der Waals surface area contributed by atoms with Gasteiger partial charge in [0.1, 0.15) is 0 Å². The third kappa shape index (κ3) is 2.63. The molecule has 0 radical (unpaired) electrons. The topological polar surface area (TPSA) is 62.5 Å². The monoisotopic (exact) mass is 287 g/mol. The fourth-order valence-corrected chi connectivity index (χ4v) is 3.11. The Hall–Kier alpha value is -1.95. The highest BCUT2D eigenvalue weighted by molar-refractivity contribution is 6.00. The summed E-state index contributed by atoms with van der Waals surface area (Å²) in [5, 5.41) is 7.53. The second kappa shape index (κ2) is 5.81. The van der Waals surface area contributed by atoms with Crippen LogP contribution in [0, 0.1) is 0 Å². The summed E-state index contributed by atoms with van der Waals surface area (Å²) in [5.41, 5.74) is 1.39. The van der Waals surface area contributed by atoms with Gasteiger partial charge in [0.05, 0.1) is 23.5 Å². The summed E-state index contributed by atoms with van der Waals surface area (Å²) < 4.78 is 1.69. The molecule has 2 aromatic rings. The number of hydrogen-bond acceptors (Lipinski definition) is 4. The average Bonchev–Trinajstić information content (AvgIpc) is 2.97. The lowest BCUT2D eigenvalue weighted by molar-refractivity contribution is 0.0687. The van der Waals surface area contributed by atoms with E-state index >= 15 is 0 Å². The van der Waals surface area contributed by atoms with Crippen molar-refractivity contribution >= 4 is 11.4 Å². The summed E-state index contributed by atoms with van der Waals surface area (Å²) >= 11 is 0. The summed E-state index contributed by atoms with van der Waals surface area (Å²) in [6.07, 6.45) is 11.1. The van der Waals surface area contributed by atoms with Crippen molar-refractivity contribution in [1.82, 2.24) is 24.8 Å². The van der Waals surface area contributed by atoms with Crippen molar-refractivity contribution in [3.63, 3.8) is 0 Å². The quantitative estimate of drug-likeness (QED) is 0.925. The molecule has 2 aromatic heterocycles. The van der Waals surface area contributed by atoms with Crippen LogP contribution in [0.3, 0.4) is 0 Å². The second-order valence-corrected chi connectivity index (χ2v) is 5.67. The summed E-state index contributed by atoms with van der Waals surface area (Å²) in [6, 6.07) is 0.902. The molecule has 6 heteroatoms. The zero-order valence-electron chi connectivity index (χ0n) is 12.5. The molecule has 0 spiro atoms. The van der Waals surface area contributed by atoms with Gasteiger partial charge < -0.3 is 10.2 Å². The van der Waals surface area contributed by atoms with E-state index in [1.165, 1.54) is 0 Å². The first-order chi connectivity index (χ1) is 10.2. The molecule has 0 atom stereocenters. The number of carbonyl (C=O) groups excluding carboxylic acids is 1. The van der Waals surface area contributed by atoms with Gasteiger partial charge in [-0.05, 0) is 32.7 Å². The Morgan fingerprint density at radius 1 is 1.33 bits per heavy atom. The highest BCUT2D eigenvalue weighted by atomic mass is 16.2. The van der Waals surface area contributed by atoms with Crippen LogP contribution in [0.15, 0.2) is 24.8 Å². The van der Waals surface area contributed by atoms with Crippen molar-refractivity contribution in [1.29, 1.82) is 0 Å². The lowest BCUT2D eigenvalue weighted by Gasteiger charge is -2.34. The average molecular weight is 287 g/mol. The molecule has 6 nitrogen and oxygen atoms in total. The lowest BCUT2D eigenvalue weighted by Crippen LogP contribution is -2.42. The molecule has 1 N–H and O–H groups in total. The van der Waals surface area contributed by atoms with Crippen LogP contribution in [0.5, 0.6) is 0 Å². The van der Waals surface area contributed by atoms with E-state index in [1.807, 2.05) is 19.0 Å². The van der Waals surface area contributed by atoms with Crippen LogP contribution in [0.1, 0.15) is 36.0 Å². The van der Waals surface area contributed by atoms with E-state index in [9.17, 15) is 4.79 Å². The number of carbonyl (C=O) groups is 1. The van der Waals surface area contributed by atoms with Crippen LogP contribution in [-0.4, -0.2) is 51.6 Å². The van der Waals surface area contributed by atoms with E-state index in [0.717, 1.165) is 31.2 Å². The van der Waals surface area contributed by atoms with E-state index in [1.54, 1.807) is 29.3 Å². The highest BCUT2D eigenvalue weighted by Gasteiger charge is 2.27. The molecule has 112 valence electrons. The molecule has 1 aliphatic carbocycles. The summed E-state index contributed by atoms with van der Waals surface area (Å²) in [7, 11) is 3.90. The molecule has 1 aliphatic rings. The molecule has 0 aromatic carbocycles. The highest BCUT2D eigenvalue weighted by Crippen LogP contribution is 2.24. The molecule has 1 amide bonds. The van der Waals surface area contributed by atoms with Crippen LogP contribution in [-0.2, 0) is 0 Å². The van der Waals surface area contributed by atoms with Gasteiger partial charge in [0, 0.05) is 31.5 Å². The van der Waals surface area contributed by atoms with Crippen LogP contribution >= 0.6 is 0 Å². The maximum atomic E-state index is 12.7. The van der Waals surface area contributed by atoms with Crippen LogP contribution < -0.4 is 5.32 Å². The molecule has 2 heterocycles. The normalized spacial score (nSPS) is 22.4. The Labute approximate surface area is 124 Å². The minimum atomic E-state index is 0.0332. The molecular formula is C15H21N5O. The lowest BCUT2D eigenvalue weighted by atomic mass is 9.90. The fourth-order valence-electron chi connectivity index (χ4n) is 3.11. The Morgan fingerprint density at radius 2 is 2.10 bits per heavy atom. The maximum absolute atomic E-state index is 12.7.